The average Bonchev–Trinajstić information content (AvgIpc) is 2.37. The number of rotatable bonds is 3. The molecule has 0 bridgehead atoms. The van der Waals surface area contributed by atoms with E-state index in [1.807, 2.05) is 19.1 Å². The summed E-state index contributed by atoms with van der Waals surface area (Å²) in [7, 11) is 0. The van der Waals surface area contributed by atoms with Crippen molar-refractivity contribution in [3.63, 3.8) is 0 Å². The minimum absolute atomic E-state index is 0.0158. The zero-order valence-corrected chi connectivity index (χ0v) is 12.5. The van der Waals surface area contributed by atoms with Gasteiger partial charge >= 0.3 is 0 Å². The first-order valence-electron chi connectivity index (χ1n) is 6.55. The summed E-state index contributed by atoms with van der Waals surface area (Å²) in [5.74, 6) is 0. The number of benzene rings is 2. The van der Waals surface area contributed by atoms with E-state index in [1.165, 1.54) is 16.7 Å². The number of hydrogen-bond acceptors (Lipinski definition) is 1. The number of halogens is 1. The van der Waals surface area contributed by atoms with Crippen molar-refractivity contribution in [2.24, 2.45) is 5.73 Å². The van der Waals surface area contributed by atoms with Crippen molar-refractivity contribution in [1.82, 2.24) is 0 Å². The van der Waals surface area contributed by atoms with E-state index in [1.54, 1.807) is 0 Å². The quantitative estimate of drug-likeness (QED) is 0.875. The summed E-state index contributed by atoms with van der Waals surface area (Å²) >= 11 is 6.17. The fourth-order valence-electron chi connectivity index (χ4n) is 2.35. The molecule has 0 heterocycles. The van der Waals surface area contributed by atoms with Crippen LogP contribution in [0.3, 0.4) is 0 Å². The SMILES string of the molecule is Cc1ccc(C(N)Cc2c(C)cccc2C)cc1Cl. The standard InChI is InChI=1S/C17H20ClN/c1-11-5-4-6-12(2)15(11)10-17(19)14-8-7-13(3)16(18)9-14/h4-9,17H,10,19H2,1-3H3. The van der Waals surface area contributed by atoms with Crippen LogP contribution in [0.1, 0.15) is 33.9 Å². The highest BCUT2D eigenvalue weighted by Crippen LogP contribution is 2.24. The summed E-state index contributed by atoms with van der Waals surface area (Å²) in [6.45, 7) is 6.28. The minimum atomic E-state index is -0.0158. The van der Waals surface area contributed by atoms with Crippen LogP contribution in [0.25, 0.3) is 0 Å². The summed E-state index contributed by atoms with van der Waals surface area (Å²) in [5.41, 5.74) is 12.4. The van der Waals surface area contributed by atoms with E-state index in [0.717, 1.165) is 22.6 Å². The molecular weight excluding hydrogens is 254 g/mol. The third-order valence-corrected chi connectivity index (χ3v) is 4.10. The summed E-state index contributed by atoms with van der Waals surface area (Å²) in [6, 6.07) is 12.4. The molecule has 2 N–H and O–H groups in total. The Morgan fingerprint density at radius 2 is 1.63 bits per heavy atom. The molecule has 1 nitrogen and oxygen atoms in total. The molecule has 0 fully saturated rings. The molecular formula is C17H20ClN. The lowest BCUT2D eigenvalue weighted by Gasteiger charge is -2.16. The van der Waals surface area contributed by atoms with Crippen molar-refractivity contribution in [1.29, 1.82) is 0 Å². The van der Waals surface area contributed by atoms with Gasteiger partial charge < -0.3 is 5.73 Å². The molecule has 2 aromatic rings. The van der Waals surface area contributed by atoms with Gasteiger partial charge in [-0.3, -0.25) is 0 Å². The van der Waals surface area contributed by atoms with Crippen molar-refractivity contribution in [2.75, 3.05) is 0 Å². The third-order valence-electron chi connectivity index (χ3n) is 3.69. The third kappa shape index (κ3) is 3.17. The summed E-state index contributed by atoms with van der Waals surface area (Å²) in [4.78, 5) is 0. The second-order valence-corrected chi connectivity index (χ2v) is 5.60. The normalized spacial score (nSPS) is 12.5. The smallest absolute Gasteiger partial charge is 0.0438 e. The second-order valence-electron chi connectivity index (χ2n) is 5.19. The van der Waals surface area contributed by atoms with E-state index in [2.05, 4.69) is 38.1 Å². The molecule has 2 aromatic carbocycles. The summed E-state index contributed by atoms with van der Waals surface area (Å²) in [5, 5.41) is 0.787. The average molecular weight is 274 g/mol. The van der Waals surface area contributed by atoms with Crippen LogP contribution in [0, 0.1) is 20.8 Å². The minimum Gasteiger partial charge on any atom is -0.324 e. The Morgan fingerprint density at radius 3 is 2.21 bits per heavy atom. The van der Waals surface area contributed by atoms with Crippen LogP contribution in [0.4, 0.5) is 0 Å². The van der Waals surface area contributed by atoms with Crippen LogP contribution >= 0.6 is 11.6 Å². The first-order chi connectivity index (χ1) is 8.99. The van der Waals surface area contributed by atoms with Gasteiger partial charge in [0.25, 0.3) is 0 Å². The van der Waals surface area contributed by atoms with Crippen molar-refractivity contribution >= 4 is 11.6 Å². The maximum atomic E-state index is 6.33. The Bertz CT molecular complexity index is 570. The molecule has 0 amide bonds. The highest BCUT2D eigenvalue weighted by atomic mass is 35.5. The van der Waals surface area contributed by atoms with Crippen molar-refractivity contribution in [2.45, 2.75) is 33.2 Å². The molecule has 0 aliphatic heterocycles. The summed E-state index contributed by atoms with van der Waals surface area (Å²) < 4.78 is 0. The topological polar surface area (TPSA) is 26.0 Å². The molecule has 0 saturated heterocycles. The predicted molar refractivity (Wildman–Crippen MR) is 82.7 cm³/mol. The lowest BCUT2D eigenvalue weighted by atomic mass is 9.93. The molecule has 19 heavy (non-hydrogen) atoms. The van der Waals surface area contributed by atoms with Crippen molar-refractivity contribution in [3.05, 3.63) is 69.2 Å². The first-order valence-corrected chi connectivity index (χ1v) is 6.93. The van der Waals surface area contributed by atoms with Crippen LogP contribution in [-0.4, -0.2) is 0 Å². The molecule has 1 unspecified atom stereocenters. The molecule has 0 spiro atoms. The Morgan fingerprint density at radius 1 is 1.00 bits per heavy atom. The van der Waals surface area contributed by atoms with Gasteiger partial charge in [-0.25, -0.2) is 0 Å². The number of aryl methyl sites for hydroxylation is 3. The Kier molecular flexibility index (Phi) is 4.28. The van der Waals surface area contributed by atoms with Gasteiger partial charge in [-0.1, -0.05) is 41.9 Å². The number of hydrogen-bond donors (Lipinski definition) is 1. The van der Waals surface area contributed by atoms with Gasteiger partial charge in [0.15, 0.2) is 0 Å². The maximum Gasteiger partial charge on any atom is 0.0438 e. The van der Waals surface area contributed by atoms with Gasteiger partial charge in [0.05, 0.1) is 0 Å². The molecule has 0 aliphatic rings. The predicted octanol–water partition coefficient (Wildman–Crippen LogP) is 4.51. The van der Waals surface area contributed by atoms with Crippen LogP contribution in [0.15, 0.2) is 36.4 Å². The zero-order valence-electron chi connectivity index (χ0n) is 11.7. The second kappa shape index (κ2) is 5.77. The fourth-order valence-corrected chi connectivity index (χ4v) is 2.54. The highest BCUT2D eigenvalue weighted by Gasteiger charge is 2.11. The molecule has 0 radical (unpaired) electrons. The lowest BCUT2D eigenvalue weighted by Crippen LogP contribution is -2.14. The molecule has 2 heteroatoms. The van der Waals surface area contributed by atoms with Gasteiger partial charge in [0.2, 0.25) is 0 Å². The maximum absolute atomic E-state index is 6.33. The largest absolute Gasteiger partial charge is 0.324 e. The molecule has 0 aliphatic carbocycles. The Balaban J connectivity index is 2.25. The van der Waals surface area contributed by atoms with E-state index in [-0.39, 0.29) is 6.04 Å². The summed E-state index contributed by atoms with van der Waals surface area (Å²) in [6.07, 6.45) is 0.845. The van der Waals surface area contributed by atoms with E-state index in [0.29, 0.717) is 0 Å². The van der Waals surface area contributed by atoms with Crippen LogP contribution in [0.2, 0.25) is 5.02 Å². The van der Waals surface area contributed by atoms with E-state index in [4.69, 9.17) is 17.3 Å². The first kappa shape index (κ1) is 14.1. The Hall–Kier alpha value is -1.31. The monoisotopic (exact) mass is 273 g/mol. The fraction of sp³-hybridized carbons (Fsp3) is 0.294. The van der Waals surface area contributed by atoms with Gasteiger partial charge in [-0.2, -0.15) is 0 Å². The zero-order chi connectivity index (χ0) is 14.0. The van der Waals surface area contributed by atoms with E-state index in [9.17, 15) is 0 Å². The molecule has 100 valence electrons. The van der Waals surface area contributed by atoms with Crippen LogP contribution in [0.5, 0.6) is 0 Å². The Labute approximate surface area is 120 Å². The van der Waals surface area contributed by atoms with Crippen LogP contribution < -0.4 is 5.73 Å². The number of nitrogens with two attached hydrogens (primary N) is 1. The molecule has 1 atom stereocenters. The van der Waals surface area contributed by atoms with Gasteiger partial charge in [0, 0.05) is 11.1 Å². The molecule has 0 aromatic heterocycles. The highest BCUT2D eigenvalue weighted by molar-refractivity contribution is 6.31. The van der Waals surface area contributed by atoms with Gasteiger partial charge in [-0.05, 0) is 61.1 Å². The van der Waals surface area contributed by atoms with Gasteiger partial charge in [-0.15, -0.1) is 0 Å². The lowest BCUT2D eigenvalue weighted by molar-refractivity contribution is 0.715. The van der Waals surface area contributed by atoms with Crippen molar-refractivity contribution < 1.29 is 0 Å². The van der Waals surface area contributed by atoms with Crippen LogP contribution in [-0.2, 0) is 6.42 Å². The van der Waals surface area contributed by atoms with E-state index < -0.39 is 0 Å². The molecule has 0 saturated carbocycles. The van der Waals surface area contributed by atoms with Crippen molar-refractivity contribution in [3.8, 4) is 0 Å². The molecule has 2 rings (SSSR count). The van der Waals surface area contributed by atoms with E-state index >= 15 is 0 Å². The van der Waals surface area contributed by atoms with Gasteiger partial charge in [0.1, 0.15) is 0 Å².